The van der Waals surface area contributed by atoms with Crippen LogP contribution in [0.1, 0.15) is 24.1 Å². The lowest BCUT2D eigenvalue weighted by molar-refractivity contribution is 0.414. The highest BCUT2D eigenvalue weighted by Crippen LogP contribution is 2.19. The molecule has 1 aliphatic rings. The molecule has 1 heterocycles. The van der Waals surface area contributed by atoms with Crippen molar-refractivity contribution in [1.29, 1.82) is 0 Å². The number of ether oxygens (including phenoxy) is 1. The molecule has 0 saturated heterocycles. The van der Waals surface area contributed by atoms with Gasteiger partial charge in [0.15, 0.2) is 5.43 Å². The molecule has 0 unspecified atom stereocenters. The van der Waals surface area contributed by atoms with Crippen molar-refractivity contribution in [1.82, 2.24) is 9.88 Å². The van der Waals surface area contributed by atoms with Gasteiger partial charge in [0.2, 0.25) is 0 Å². The first-order chi connectivity index (χ1) is 10.2. The van der Waals surface area contributed by atoms with E-state index < -0.39 is 0 Å². The molecular formula is C17H20N2O2. The largest absolute Gasteiger partial charge is 0.497 e. The van der Waals surface area contributed by atoms with E-state index in [-0.39, 0.29) is 5.43 Å². The van der Waals surface area contributed by atoms with Crippen molar-refractivity contribution in [2.24, 2.45) is 0 Å². The predicted molar refractivity (Wildman–Crippen MR) is 83.2 cm³/mol. The van der Waals surface area contributed by atoms with E-state index in [9.17, 15) is 4.79 Å². The van der Waals surface area contributed by atoms with Crippen LogP contribution >= 0.6 is 0 Å². The van der Waals surface area contributed by atoms with Crippen LogP contribution in [0.15, 0.2) is 41.3 Å². The van der Waals surface area contributed by atoms with Gasteiger partial charge in [0.25, 0.3) is 0 Å². The molecular weight excluding hydrogens is 264 g/mol. The smallest absolute Gasteiger partial charge is 0.186 e. The lowest BCUT2D eigenvalue weighted by Crippen LogP contribution is -2.22. The Morgan fingerprint density at radius 1 is 1.29 bits per heavy atom. The fourth-order valence-corrected chi connectivity index (χ4v) is 2.37. The Hall–Kier alpha value is -2.07. The third-order valence-corrected chi connectivity index (χ3v) is 3.83. The van der Waals surface area contributed by atoms with E-state index in [0.717, 1.165) is 22.7 Å². The average Bonchev–Trinajstić information content (AvgIpc) is 3.31. The van der Waals surface area contributed by atoms with Gasteiger partial charge in [-0.15, -0.1) is 0 Å². The first kappa shape index (κ1) is 13.9. The highest BCUT2D eigenvalue weighted by molar-refractivity contribution is 5.39. The molecule has 2 aromatic rings. The van der Waals surface area contributed by atoms with Gasteiger partial charge in [-0.1, -0.05) is 0 Å². The van der Waals surface area contributed by atoms with Crippen LogP contribution in [0, 0.1) is 6.92 Å². The Labute approximate surface area is 124 Å². The van der Waals surface area contributed by atoms with Crippen molar-refractivity contribution in [3.05, 3.63) is 58.0 Å². The third-order valence-electron chi connectivity index (χ3n) is 3.83. The molecule has 110 valence electrons. The number of pyridine rings is 1. The first-order valence-electron chi connectivity index (χ1n) is 7.27. The second-order valence-corrected chi connectivity index (χ2v) is 5.53. The topological polar surface area (TPSA) is 43.3 Å². The molecule has 0 amide bonds. The predicted octanol–water partition coefficient (Wildman–Crippen LogP) is 2.41. The molecule has 21 heavy (non-hydrogen) atoms. The van der Waals surface area contributed by atoms with Crippen LogP contribution in [0.4, 0.5) is 0 Å². The maximum absolute atomic E-state index is 12.1. The fraction of sp³-hybridized carbons (Fsp3) is 0.353. The van der Waals surface area contributed by atoms with Crippen molar-refractivity contribution in [3.8, 4) is 11.4 Å². The summed E-state index contributed by atoms with van der Waals surface area (Å²) < 4.78 is 7.23. The fourth-order valence-electron chi connectivity index (χ4n) is 2.37. The minimum atomic E-state index is 0.102. The highest BCUT2D eigenvalue weighted by atomic mass is 16.5. The van der Waals surface area contributed by atoms with E-state index in [0.29, 0.717) is 12.6 Å². The molecule has 0 atom stereocenters. The summed E-state index contributed by atoms with van der Waals surface area (Å²) in [5.41, 5.74) is 2.87. The Bertz CT molecular complexity index is 685. The van der Waals surface area contributed by atoms with Gasteiger partial charge >= 0.3 is 0 Å². The van der Waals surface area contributed by atoms with Crippen LogP contribution in [0.3, 0.4) is 0 Å². The van der Waals surface area contributed by atoms with Crippen LogP contribution in [0.25, 0.3) is 5.69 Å². The maximum atomic E-state index is 12.1. The van der Waals surface area contributed by atoms with Crippen LogP contribution in [-0.4, -0.2) is 17.7 Å². The molecule has 3 rings (SSSR count). The number of nitrogens with one attached hydrogen (secondary N) is 1. The van der Waals surface area contributed by atoms with Crippen LogP contribution in [0.2, 0.25) is 0 Å². The Morgan fingerprint density at radius 3 is 2.62 bits per heavy atom. The summed E-state index contributed by atoms with van der Waals surface area (Å²) in [6.45, 7) is 2.59. The number of rotatable bonds is 5. The minimum Gasteiger partial charge on any atom is -0.497 e. The van der Waals surface area contributed by atoms with Crippen LogP contribution in [0.5, 0.6) is 5.75 Å². The van der Waals surface area contributed by atoms with Gasteiger partial charge in [-0.2, -0.15) is 0 Å². The quantitative estimate of drug-likeness (QED) is 0.917. The minimum absolute atomic E-state index is 0.102. The molecule has 1 N–H and O–H groups in total. The first-order valence-corrected chi connectivity index (χ1v) is 7.27. The second kappa shape index (κ2) is 5.74. The average molecular weight is 284 g/mol. The van der Waals surface area contributed by atoms with E-state index in [4.69, 9.17) is 4.74 Å². The number of hydrogen-bond donors (Lipinski definition) is 1. The number of aryl methyl sites for hydroxylation is 1. The Balaban J connectivity index is 1.91. The lowest BCUT2D eigenvalue weighted by atomic mass is 10.2. The molecule has 1 aromatic heterocycles. The summed E-state index contributed by atoms with van der Waals surface area (Å²) in [6, 6.07) is 10.1. The zero-order chi connectivity index (χ0) is 14.8. The van der Waals surface area contributed by atoms with E-state index in [1.807, 2.05) is 42.0 Å². The number of benzene rings is 1. The standard InChI is InChI=1S/C17H20N2O2/c1-12-9-17(20)13(10-18-14-3-4-14)11-19(12)15-5-7-16(21-2)8-6-15/h5-9,11,14,18H,3-4,10H2,1-2H3. The molecule has 4 heteroatoms. The summed E-state index contributed by atoms with van der Waals surface area (Å²) in [7, 11) is 1.65. The van der Waals surface area contributed by atoms with Crippen LogP contribution in [-0.2, 0) is 6.54 Å². The van der Waals surface area contributed by atoms with Gasteiger partial charge in [0, 0.05) is 41.8 Å². The zero-order valence-electron chi connectivity index (χ0n) is 12.4. The zero-order valence-corrected chi connectivity index (χ0v) is 12.4. The molecule has 1 aromatic carbocycles. The molecule has 0 bridgehead atoms. The summed E-state index contributed by atoms with van der Waals surface area (Å²) in [5.74, 6) is 0.827. The van der Waals surface area contributed by atoms with Gasteiger partial charge in [-0.25, -0.2) is 0 Å². The normalized spacial score (nSPS) is 14.2. The Kier molecular flexibility index (Phi) is 3.80. The van der Waals surface area contributed by atoms with E-state index >= 15 is 0 Å². The van der Waals surface area contributed by atoms with E-state index in [2.05, 4.69) is 5.32 Å². The highest BCUT2D eigenvalue weighted by Gasteiger charge is 2.20. The van der Waals surface area contributed by atoms with Crippen molar-refractivity contribution in [3.63, 3.8) is 0 Å². The van der Waals surface area contributed by atoms with Gasteiger partial charge in [-0.3, -0.25) is 4.79 Å². The molecule has 1 aliphatic carbocycles. The molecule has 4 nitrogen and oxygen atoms in total. The van der Waals surface area contributed by atoms with Gasteiger partial charge in [0.1, 0.15) is 5.75 Å². The number of methoxy groups -OCH3 is 1. The molecule has 0 spiro atoms. The van der Waals surface area contributed by atoms with Gasteiger partial charge < -0.3 is 14.6 Å². The monoisotopic (exact) mass is 284 g/mol. The van der Waals surface area contributed by atoms with Crippen molar-refractivity contribution in [2.45, 2.75) is 32.4 Å². The van der Waals surface area contributed by atoms with Crippen molar-refractivity contribution >= 4 is 0 Å². The number of nitrogens with zero attached hydrogens (tertiary/aromatic N) is 1. The summed E-state index contributed by atoms with van der Waals surface area (Å²) in [4.78, 5) is 12.1. The SMILES string of the molecule is COc1ccc(-n2cc(CNC3CC3)c(=O)cc2C)cc1. The number of hydrogen-bond acceptors (Lipinski definition) is 3. The summed E-state index contributed by atoms with van der Waals surface area (Å²) in [6.07, 6.45) is 4.38. The summed E-state index contributed by atoms with van der Waals surface area (Å²) >= 11 is 0. The third kappa shape index (κ3) is 3.16. The van der Waals surface area contributed by atoms with E-state index in [1.165, 1.54) is 12.8 Å². The van der Waals surface area contributed by atoms with Crippen LogP contribution < -0.4 is 15.5 Å². The second-order valence-electron chi connectivity index (χ2n) is 5.53. The lowest BCUT2D eigenvalue weighted by Gasteiger charge is -2.13. The Morgan fingerprint density at radius 2 is 2.00 bits per heavy atom. The summed E-state index contributed by atoms with van der Waals surface area (Å²) in [5, 5.41) is 3.40. The van der Waals surface area contributed by atoms with Crippen molar-refractivity contribution in [2.75, 3.05) is 7.11 Å². The molecule has 1 fully saturated rings. The molecule has 1 saturated carbocycles. The van der Waals surface area contributed by atoms with Crippen molar-refractivity contribution < 1.29 is 4.74 Å². The van der Waals surface area contributed by atoms with Gasteiger partial charge in [0.05, 0.1) is 7.11 Å². The maximum Gasteiger partial charge on any atom is 0.186 e. The molecule has 0 aliphatic heterocycles. The molecule has 0 radical (unpaired) electrons. The number of aromatic nitrogens is 1. The van der Waals surface area contributed by atoms with Gasteiger partial charge in [-0.05, 0) is 44.0 Å². The van der Waals surface area contributed by atoms with E-state index in [1.54, 1.807) is 13.2 Å².